The van der Waals surface area contributed by atoms with Crippen LogP contribution >= 0.6 is 11.8 Å². The number of hydrogen-bond acceptors (Lipinski definition) is 2. The fourth-order valence-corrected chi connectivity index (χ4v) is 5.21. The van der Waals surface area contributed by atoms with Crippen LogP contribution < -0.4 is 0 Å². The molecule has 0 N–H and O–H groups in total. The number of unbranched alkanes of at least 4 members (excludes halogenated alkanes) is 2. The first kappa shape index (κ1) is 28.8. The number of nitrogens with zero attached hydrogens (tertiary/aromatic N) is 1. The smallest absolute Gasteiger partial charge is 0.138 e. The standard InChI is InChI=1S/C38H35NS/c1-4-7-8-9-29-12-19-36(20-13-29)37-21-14-30(15-22-37)10-11-31-16-23-35(33(5-2)26-31)24-17-32-18-25-38(40-28-39)34(6-3)27-32/h12-16,18-23,25-27H,4-9H2,1-3H3. The summed E-state index contributed by atoms with van der Waals surface area (Å²) in [4.78, 5) is 1.01. The Balaban J connectivity index is 1.45. The van der Waals surface area contributed by atoms with Crippen LogP contribution in [0.4, 0.5) is 0 Å². The molecule has 2 heteroatoms. The maximum Gasteiger partial charge on any atom is 0.138 e. The second-order valence-corrected chi connectivity index (χ2v) is 10.7. The monoisotopic (exact) mass is 537 g/mol. The van der Waals surface area contributed by atoms with Crippen molar-refractivity contribution in [3.8, 4) is 40.2 Å². The van der Waals surface area contributed by atoms with E-state index in [2.05, 4.69) is 123 Å². The molecule has 4 aromatic rings. The van der Waals surface area contributed by atoms with E-state index in [4.69, 9.17) is 5.26 Å². The van der Waals surface area contributed by atoms with E-state index in [0.717, 1.165) is 52.0 Å². The molecule has 0 unspecified atom stereocenters. The predicted octanol–water partition coefficient (Wildman–Crippen LogP) is 9.58. The fraction of sp³-hybridized carbons (Fsp3) is 0.237. The zero-order valence-corrected chi connectivity index (χ0v) is 24.5. The van der Waals surface area contributed by atoms with Crippen LogP contribution in [0, 0.1) is 34.3 Å². The molecule has 198 valence electrons. The molecule has 0 spiro atoms. The van der Waals surface area contributed by atoms with Gasteiger partial charge in [-0.3, -0.25) is 0 Å². The normalized spacial score (nSPS) is 10.2. The maximum absolute atomic E-state index is 9.01. The maximum atomic E-state index is 9.01. The van der Waals surface area contributed by atoms with Gasteiger partial charge in [0.1, 0.15) is 5.40 Å². The first-order valence-electron chi connectivity index (χ1n) is 14.2. The average molecular weight is 538 g/mol. The molecule has 4 rings (SSSR count). The van der Waals surface area contributed by atoms with E-state index >= 15 is 0 Å². The van der Waals surface area contributed by atoms with Gasteiger partial charge < -0.3 is 0 Å². The third kappa shape index (κ3) is 7.93. The van der Waals surface area contributed by atoms with Gasteiger partial charge in [0.25, 0.3) is 0 Å². The molecule has 0 heterocycles. The van der Waals surface area contributed by atoms with Crippen molar-refractivity contribution in [2.75, 3.05) is 0 Å². The average Bonchev–Trinajstić information content (AvgIpc) is 3.00. The Hall–Kier alpha value is -4.16. The third-order valence-corrected chi connectivity index (χ3v) is 7.73. The van der Waals surface area contributed by atoms with Gasteiger partial charge >= 0.3 is 0 Å². The molecular formula is C38H35NS. The minimum atomic E-state index is 0.877. The number of nitriles is 1. The van der Waals surface area contributed by atoms with E-state index in [9.17, 15) is 0 Å². The van der Waals surface area contributed by atoms with E-state index in [-0.39, 0.29) is 0 Å². The zero-order chi connectivity index (χ0) is 28.2. The lowest BCUT2D eigenvalue weighted by Gasteiger charge is -2.05. The molecule has 0 aliphatic rings. The third-order valence-electron chi connectivity index (χ3n) is 7.02. The molecule has 40 heavy (non-hydrogen) atoms. The highest BCUT2D eigenvalue weighted by atomic mass is 32.2. The van der Waals surface area contributed by atoms with E-state index < -0.39 is 0 Å². The van der Waals surface area contributed by atoms with Gasteiger partial charge in [-0.1, -0.05) is 93.7 Å². The summed E-state index contributed by atoms with van der Waals surface area (Å²) in [5.41, 5.74) is 10.2. The van der Waals surface area contributed by atoms with Crippen molar-refractivity contribution in [2.24, 2.45) is 0 Å². The lowest BCUT2D eigenvalue weighted by atomic mass is 10.00. The highest BCUT2D eigenvalue weighted by molar-refractivity contribution is 8.03. The van der Waals surface area contributed by atoms with Gasteiger partial charge in [0.2, 0.25) is 0 Å². The summed E-state index contributed by atoms with van der Waals surface area (Å²) < 4.78 is 0. The van der Waals surface area contributed by atoms with E-state index in [1.165, 1.54) is 53.3 Å². The Morgan fingerprint density at radius 3 is 1.82 bits per heavy atom. The molecule has 0 amide bonds. The summed E-state index contributed by atoms with van der Waals surface area (Å²) in [5, 5.41) is 11.2. The van der Waals surface area contributed by atoms with Gasteiger partial charge in [-0.25, -0.2) is 0 Å². The summed E-state index contributed by atoms with van der Waals surface area (Å²) in [7, 11) is 0. The first-order valence-corrected chi connectivity index (χ1v) is 15.0. The topological polar surface area (TPSA) is 23.8 Å². The molecule has 0 aliphatic carbocycles. The van der Waals surface area contributed by atoms with E-state index in [1.54, 1.807) is 0 Å². The summed E-state index contributed by atoms with van der Waals surface area (Å²) in [6, 6.07) is 29.8. The van der Waals surface area contributed by atoms with E-state index in [0.29, 0.717) is 0 Å². The molecule has 0 radical (unpaired) electrons. The second kappa shape index (κ2) is 14.8. The number of aryl methyl sites for hydroxylation is 3. The summed E-state index contributed by atoms with van der Waals surface area (Å²) in [6.07, 6.45) is 6.74. The lowest BCUT2D eigenvalue weighted by Crippen LogP contribution is -1.90. The molecule has 0 aromatic heterocycles. The molecular weight excluding hydrogens is 502 g/mol. The Labute approximate surface area is 244 Å². The fourth-order valence-electron chi connectivity index (χ4n) is 4.64. The number of thiocyanates is 1. The lowest BCUT2D eigenvalue weighted by molar-refractivity contribution is 0.717. The first-order chi connectivity index (χ1) is 19.6. The molecule has 0 bridgehead atoms. The molecule has 1 nitrogen and oxygen atoms in total. The predicted molar refractivity (Wildman–Crippen MR) is 170 cm³/mol. The number of hydrogen-bond donors (Lipinski definition) is 0. The molecule has 4 aromatic carbocycles. The van der Waals surface area contributed by atoms with Crippen LogP contribution in [0.25, 0.3) is 11.1 Å². The summed E-state index contributed by atoms with van der Waals surface area (Å²) in [5.74, 6) is 13.3. The van der Waals surface area contributed by atoms with Gasteiger partial charge in [0.05, 0.1) is 0 Å². The second-order valence-electron chi connectivity index (χ2n) is 9.83. The Morgan fingerprint density at radius 2 is 1.18 bits per heavy atom. The van der Waals surface area contributed by atoms with Crippen molar-refractivity contribution >= 4 is 11.8 Å². The van der Waals surface area contributed by atoms with Gasteiger partial charge in [-0.05, 0) is 114 Å². The minimum Gasteiger partial charge on any atom is -0.185 e. The Kier molecular flexibility index (Phi) is 10.7. The SMILES string of the molecule is CCCCCc1ccc(-c2ccc(C#Cc3ccc(C#Cc4ccc(SC#N)c(CC)c4)c(CC)c3)cc2)cc1. The Morgan fingerprint density at radius 1 is 0.600 bits per heavy atom. The van der Waals surface area contributed by atoms with Gasteiger partial charge in [-0.2, -0.15) is 5.26 Å². The molecule has 0 saturated carbocycles. The minimum absolute atomic E-state index is 0.877. The van der Waals surface area contributed by atoms with Crippen LogP contribution in [0.15, 0.2) is 89.8 Å². The molecule has 0 saturated heterocycles. The van der Waals surface area contributed by atoms with Crippen LogP contribution in [0.5, 0.6) is 0 Å². The Bertz CT molecular complexity index is 1600. The number of thioether (sulfide) groups is 1. The van der Waals surface area contributed by atoms with E-state index in [1.807, 2.05) is 12.1 Å². The van der Waals surface area contributed by atoms with Crippen LogP contribution in [0.1, 0.15) is 79.0 Å². The quantitative estimate of drug-likeness (QED) is 0.0967. The van der Waals surface area contributed by atoms with Crippen molar-refractivity contribution in [3.63, 3.8) is 0 Å². The summed E-state index contributed by atoms with van der Waals surface area (Å²) >= 11 is 1.21. The van der Waals surface area contributed by atoms with Crippen molar-refractivity contribution < 1.29 is 0 Å². The summed E-state index contributed by atoms with van der Waals surface area (Å²) in [6.45, 7) is 6.50. The van der Waals surface area contributed by atoms with Crippen LogP contribution in [-0.4, -0.2) is 0 Å². The number of benzene rings is 4. The van der Waals surface area contributed by atoms with Crippen molar-refractivity contribution in [1.82, 2.24) is 0 Å². The van der Waals surface area contributed by atoms with Crippen molar-refractivity contribution in [2.45, 2.75) is 64.2 Å². The van der Waals surface area contributed by atoms with Gasteiger partial charge in [-0.15, -0.1) is 0 Å². The largest absolute Gasteiger partial charge is 0.185 e. The van der Waals surface area contributed by atoms with Crippen LogP contribution in [0.2, 0.25) is 0 Å². The van der Waals surface area contributed by atoms with Crippen molar-refractivity contribution in [3.05, 3.63) is 124 Å². The van der Waals surface area contributed by atoms with Crippen LogP contribution in [-0.2, 0) is 19.3 Å². The van der Waals surface area contributed by atoms with Crippen molar-refractivity contribution in [1.29, 1.82) is 5.26 Å². The zero-order valence-electron chi connectivity index (χ0n) is 23.7. The molecule has 0 atom stereocenters. The van der Waals surface area contributed by atoms with Gasteiger partial charge in [0, 0.05) is 27.1 Å². The number of rotatable bonds is 8. The van der Waals surface area contributed by atoms with Crippen LogP contribution in [0.3, 0.4) is 0 Å². The highest BCUT2D eigenvalue weighted by Gasteiger charge is 2.04. The highest BCUT2D eigenvalue weighted by Crippen LogP contribution is 2.24. The molecule has 0 fully saturated rings. The van der Waals surface area contributed by atoms with Gasteiger partial charge in [0.15, 0.2) is 0 Å². The molecule has 0 aliphatic heterocycles.